The molecule has 4 rings (SSSR count). The molecule has 1 saturated heterocycles. The Kier molecular flexibility index (Phi) is 32.6. The first-order valence-corrected chi connectivity index (χ1v) is 32.2. The Morgan fingerprint density at radius 1 is 0.585 bits per heavy atom. The van der Waals surface area contributed by atoms with Crippen LogP contribution in [-0.4, -0.2) is 184 Å². The van der Waals surface area contributed by atoms with Gasteiger partial charge in [0.2, 0.25) is 76.0 Å². The van der Waals surface area contributed by atoms with E-state index in [0.717, 1.165) is 17.3 Å². The minimum absolute atomic E-state index is 0.0286. The molecule has 30 heteroatoms. The van der Waals surface area contributed by atoms with Crippen LogP contribution in [0, 0.1) is 11.8 Å². The number of aliphatic hydroxyl groups is 1. The molecule has 1 aliphatic rings. The number of thioether (sulfide) groups is 1. The van der Waals surface area contributed by atoms with E-state index < -0.39 is 157 Å². The maximum atomic E-state index is 14.6. The summed E-state index contributed by atoms with van der Waals surface area (Å²) in [4.78, 5) is 178. The molecular formula is C64H92N14O15S. The van der Waals surface area contributed by atoms with Gasteiger partial charge in [0.1, 0.15) is 54.1 Å². The Morgan fingerprint density at radius 2 is 1.07 bits per heavy atom. The first kappa shape index (κ1) is 77.4. The van der Waals surface area contributed by atoms with Gasteiger partial charge >= 0.3 is 0 Å². The zero-order valence-corrected chi connectivity index (χ0v) is 54.5. The van der Waals surface area contributed by atoms with Crippen LogP contribution >= 0.6 is 11.8 Å². The van der Waals surface area contributed by atoms with Crippen LogP contribution in [0.2, 0.25) is 0 Å². The number of hydrogen-bond donors (Lipinski definition) is 15. The van der Waals surface area contributed by atoms with Gasteiger partial charge in [-0.1, -0.05) is 112 Å². The maximum Gasteiger partial charge on any atom is 0.245 e. The zero-order chi connectivity index (χ0) is 69.6. The van der Waals surface area contributed by atoms with Gasteiger partial charge in [-0.2, -0.15) is 0 Å². The minimum Gasteiger partial charge on any atom is -0.508 e. The third-order valence-corrected chi connectivity index (χ3v) is 16.1. The van der Waals surface area contributed by atoms with E-state index in [0.29, 0.717) is 17.5 Å². The van der Waals surface area contributed by atoms with Crippen LogP contribution < -0.4 is 70.8 Å². The number of nitrogens with one attached hydrogen (secondary N) is 9. The van der Waals surface area contributed by atoms with Gasteiger partial charge in [0, 0.05) is 45.0 Å². The van der Waals surface area contributed by atoms with Crippen molar-refractivity contribution in [3.05, 3.63) is 102 Å². The zero-order valence-electron chi connectivity index (χ0n) is 53.7. The monoisotopic (exact) mass is 1330 g/mol. The SMILES string of the molecule is CC(=O)NCCSC(=O)[C@H](CC(C)C)NC(=O)[C@H](CCCN)NC(=O)[C@@H](NC(=O)[C@H](Cc1ccc(O)cc1)NC(=O)[C@H](CCC(N)=O)NC(=O)[C@H](CC(N)=O)NC(=O)[C@H](CO)NC(=O)[C@H](Cc1ccccc1)NC(=O)[C@@H]1CCCN1C(=O)[C@H](N)Cc1ccccc1)C(C)C. The molecule has 514 valence electrons. The predicted molar refractivity (Wildman–Crippen MR) is 348 cm³/mol. The number of hydrogen-bond acceptors (Lipinski definition) is 18. The average Bonchev–Trinajstić information content (AvgIpc) is 1.56. The van der Waals surface area contributed by atoms with Gasteiger partial charge in [0.25, 0.3) is 0 Å². The number of primary amides is 2. The van der Waals surface area contributed by atoms with Crippen LogP contribution in [0.4, 0.5) is 0 Å². The van der Waals surface area contributed by atoms with Gasteiger partial charge in [-0.25, -0.2) is 0 Å². The lowest BCUT2D eigenvalue weighted by Crippen LogP contribution is -2.62. The summed E-state index contributed by atoms with van der Waals surface area (Å²) < 4.78 is 0. The van der Waals surface area contributed by atoms with Gasteiger partial charge < -0.3 is 85.9 Å². The highest BCUT2D eigenvalue weighted by Crippen LogP contribution is 2.21. The number of amides is 12. The van der Waals surface area contributed by atoms with Gasteiger partial charge in [0.15, 0.2) is 0 Å². The molecule has 1 aliphatic heterocycles. The number of benzene rings is 3. The molecule has 94 heavy (non-hydrogen) atoms. The first-order chi connectivity index (χ1) is 44.6. The van der Waals surface area contributed by atoms with Crippen LogP contribution in [0.15, 0.2) is 84.9 Å². The van der Waals surface area contributed by atoms with E-state index in [9.17, 15) is 72.5 Å². The Morgan fingerprint density at radius 3 is 1.63 bits per heavy atom. The van der Waals surface area contributed by atoms with Crippen molar-refractivity contribution in [2.24, 2.45) is 34.8 Å². The van der Waals surface area contributed by atoms with Crippen molar-refractivity contribution in [2.75, 3.05) is 32.0 Å². The molecule has 1 heterocycles. The molecule has 10 atom stereocenters. The fourth-order valence-electron chi connectivity index (χ4n) is 10.2. The van der Waals surface area contributed by atoms with Crippen molar-refractivity contribution in [3.8, 4) is 5.75 Å². The van der Waals surface area contributed by atoms with E-state index in [1.54, 1.807) is 44.2 Å². The first-order valence-electron chi connectivity index (χ1n) is 31.2. The van der Waals surface area contributed by atoms with Crippen molar-refractivity contribution in [2.45, 2.75) is 166 Å². The third kappa shape index (κ3) is 26.5. The number of aromatic hydroxyl groups is 1. The van der Waals surface area contributed by atoms with E-state index in [4.69, 9.17) is 22.9 Å². The number of phenolic OH excluding ortho intramolecular Hbond substituents is 1. The number of rotatable bonds is 39. The van der Waals surface area contributed by atoms with Crippen molar-refractivity contribution in [1.82, 2.24) is 52.8 Å². The topological polar surface area (TPSA) is 478 Å². The van der Waals surface area contributed by atoms with Gasteiger partial charge in [-0.15, -0.1) is 0 Å². The standard InChI is InChI=1S/C64H92N14O15S/c1-36(2)30-49(64(93)94-29-27-69-38(5)80)75-55(84)44(18-12-26-65)71-62(91)54(37(3)4)77-59(88)47(33-41-20-22-42(81)23-21-41)72-56(85)45(24-25-52(67)82)70-58(87)48(34-53(68)83)73-60(89)50(35-79)76-57(86)46(32-40-16-10-7-11-17-40)74-61(90)51-19-13-28-78(51)63(92)43(66)31-39-14-8-6-9-15-39/h6-11,14-17,20-23,36-37,43-51,54,79,81H,12-13,18-19,24-35,65-66H2,1-5H3,(H2,67,82)(H2,68,83)(H,69,80)(H,70,87)(H,71,91)(H,72,85)(H,73,89)(H,74,90)(H,75,84)(H,76,86)(H,77,88)/t43-,44+,45+,46+,47+,48+,49+,50+,51+,54+/m1/s1. The summed E-state index contributed by atoms with van der Waals surface area (Å²) in [5.74, 6) is -11.2. The van der Waals surface area contributed by atoms with Crippen LogP contribution in [-0.2, 0) is 81.6 Å². The number of nitrogens with two attached hydrogens (primary N) is 4. The Balaban J connectivity index is 1.56. The number of carbonyl (C=O) groups excluding carboxylic acids is 13. The number of aliphatic hydroxyl groups excluding tert-OH is 1. The van der Waals surface area contributed by atoms with Gasteiger partial charge in [0.05, 0.1) is 25.1 Å². The van der Waals surface area contributed by atoms with Crippen molar-refractivity contribution >= 4 is 87.8 Å². The summed E-state index contributed by atoms with van der Waals surface area (Å²) in [7, 11) is 0. The van der Waals surface area contributed by atoms with Gasteiger partial charge in [-0.3, -0.25) is 62.3 Å². The molecule has 29 nitrogen and oxygen atoms in total. The number of nitrogens with zero attached hydrogens (tertiary/aromatic N) is 1. The largest absolute Gasteiger partial charge is 0.508 e. The average molecular weight is 1330 g/mol. The quantitative estimate of drug-likeness (QED) is 0.0265. The van der Waals surface area contributed by atoms with E-state index in [-0.39, 0.29) is 93.0 Å². The molecule has 0 unspecified atom stereocenters. The molecular weight excluding hydrogens is 1240 g/mol. The lowest BCUT2D eigenvalue weighted by molar-refractivity contribution is -0.140. The molecule has 0 bridgehead atoms. The molecule has 3 aromatic rings. The third-order valence-electron chi connectivity index (χ3n) is 15.2. The normalized spacial score (nSPS) is 15.6. The summed E-state index contributed by atoms with van der Waals surface area (Å²) in [5, 5.41) is 43.2. The minimum atomic E-state index is -1.93. The van der Waals surface area contributed by atoms with Crippen molar-refractivity contribution in [1.29, 1.82) is 0 Å². The van der Waals surface area contributed by atoms with E-state index >= 15 is 0 Å². The van der Waals surface area contributed by atoms with Crippen LogP contribution in [0.1, 0.15) is 103 Å². The van der Waals surface area contributed by atoms with Crippen molar-refractivity contribution < 1.29 is 72.5 Å². The van der Waals surface area contributed by atoms with E-state index in [1.165, 1.54) is 36.1 Å². The second-order valence-corrected chi connectivity index (χ2v) is 24.9. The summed E-state index contributed by atoms with van der Waals surface area (Å²) >= 11 is 0.924. The summed E-state index contributed by atoms with van der Waals surface area (Å²) in [5.41, 5.74) is 24.9. The molecule has 0 saturated carbocycles. The Hall–Kier alpha value is -9.00. The Labute approximate surface area is 550 Å². The molecule has 0 aromatic heterocycles. The molecule has 0 spiro atoms. The number of carbonyl (C=O) groups is 13. The van der Waals surface area contributed by atoms with Crippen LogP contribution in [0.25, 0.3) is 0 Å². The molecule has 3 aromatic carbocycles. The van der Waals surface area contributed by atoms with Crippen LogP contribution in [0.3, 0.4) is 0 Å². The highest BCUT2D eigenvalue weighted by atomic mass is 32.2. The lowest BCUT2D eigenvalue weighted by atomic mass is 9.99. The van der Waals surface area contributed by atoms with Crippen molar-refractivity contribution in [3.63, 3.8) is 0 Å². The second kappa shape index (κ2) is 39.5. The highest BCUT2D eigenvalue weighted by molar-refractivity contribution is 8.13. The highest BCUT2D eigenvalue weighted by Gasteiger charge is 2.40. The fraction of sp³-hybridized carbons (Fsp3) is 0.516. The molecule has 1 fully saturated rings. The van der Waals surface area contributed by atoms with E-state index in [1.807, 2.05) is 44.2 Å². The molecule has 19 N–H and O–H groups in total. The second-order valence-electron chi connectivity index (χ2n) is 23.8. The van der Waals surface area contributed by atoms with Crippen LogP contribution in [0.5, 0.6) is 5.75 Å². The number of phenols is 1. The summed E-state index contributed by atoms with van der Waals surface area (Å²) in [6, 6.07) is 8.87. The predicted octanol–water partition coefficient (Wildman–Crippen LogP) is -2.41. The molecule has 0 radical (unpaired) electrons. The smallest absolute Gasteiger partial charge is 0.245 e. The number of likely N-dealkylation sites (tertiary alicyclic amines) is 1. The summed E-state index contributed by atoms with van der Waals surface area (Å²) in [6.07, 6.45) is -1.01. The molecule has 0 aliphatic carbocycles. The summed E-state index contributed by atoms with van der Waals surface area (Å²) in [6.45, 7) is 7.71. The van der Waals surface area contributed by atoms with Gasteiger partial charge in [-0.05, 0) is 92.1 Å². The van der Waals surface area contributed by atoms with E-state index in [2.05, 4.69) is 47.9 Å². The fourth-order valence-corrected chi connectivity index (χ4v) is 11.0. The lowest BCUT2D eigenvalue weighted by Gasteiger charge is -2.29. The molecule has 12 amide bonds. The Bertz CT molecular complexity index is 3070. The maximum absolute atomic E-state index is 14.6.